The lowest BCUT2D eigenvalue weighted by Gasteiger charge is -2.13. The fraction of sp³-hybridized carbons (Fsp3) is 0.444. The number of carbonyl (C=O) groups excluding carboxylic acids is 3. The van der Waals surface area contributed by atoms with E-state index in [1.165, 1.54) is 0 Å². The van der Waals surface area contributed by atoms with Gasteiger partial charge in [0.15, 0.2) is 0 Å². The van der Waals surface area contributed by atoms with Crippen LogP contribution in [0, 0.1) is 5.92 Å². The van der Waals surface area contributed by atoms with Crippen LogP contribution >= 0.6 is 0 Å². The number of hydrogen-bond donors (Lipinski definition) is 3. The smallest absolute Gasteiger partial charge is 0.329 e. The van der Waals surface area contributed by atoms with Crippen molar-refractivity contribution in [3.05, 3.63) is 24.3 Å². The second kappa shape index (κ2) is 10.2. The second-order valence-corrected chi connectivity index (χ2v) is 6.56. The zero-order chi connectivity index (χ0) is 19.7. The van der Waals surface area contributed by atoms with Crippen LogP contribution in [0.15, 0.2) is 29.4 Å². The lowest BCUT2D eigenvalue weighted by molar-refractivity contribution is -0.139. The molecular formula is C18H27N5O3. The summed E-state index contributed by atoms with van der Waals surface area (Å²) >= 11 is 0. The highest BCUT2D eigenvalue weighted by Crippen LogP contribution is 2.15. The molecule has 8 nitrogen and oxygen atoms in total. The van der Waals surface area contributed by atoms with Crippen molar-refractivity contribution in [2.45, 2.75) is 27.2 Å². The minimum absolute atomic E-state index is 0.00330. The molecule has 0 fully saturated rings. The van der Waals surface area contributed by atoms with Crippen molar-refractivity contribution in [1.82, 2.24) is 10.7 Å². The van der Waals surface area contributed by atoms with Crippen molar-refractivity contribution in [3.63, 3.8) is 0 Å². The fourth-order valence-electron chi connectivity index (χ4n) is 1.89. The van der Waals surface area contributed by atoms with Gasteiger partial charge in [-0.25, -0.2) is 5.43 Å². The highest BCUT2D eigenvalue weighted by atomic mass is 16.2. The fourth-order valence-corrected chi connectivity index (χ4v) is 1.89. The van der Waals surface area contributed by atoms with Gasteiger partial charge in [0.2, 0.25) is 5.91 Å². The summed E-state index contributed by atoms with van der Waals surface area (Å²) in [7, 11) is 3.87. The van der Waals surface area contributed by atoms with E-state index in [9.17, 15) is 14.4 Å². The number of anilines is 2. The summed E-state index contributed by atoms with van der Waals surface area (Å²) in [5.74, 6) is -1.62. The molecule has 1 rings (SSSR count). The standard InChI is InChI=1S/C18H27N5O3/c1-12(2)11-19-17(25)18(26)22-21-13(3)10-16(24)20-14-6-8-15(9-7-14)23(4)5/h6-9,12H,10-11H2,1-5H3,(H,19,25)(H,20,24)(H,22,26)/b21-13+. The van der Waals surface area contributed by atoms with Gasteiger partial charge in [0.05, 0.1) is 6.42 Å². The predicted octanol–water partition coefficient (Wildman–Crippen LogP) is 1.35. The van der Waals surface area contributed by atoms with Crippen molar-refractivity contribution in [3.8, 4) is 0 Å². The molecule has 8 heteroatoms. The molecule has 1 aromatic carbocycles. The molecule has 3 N–H and O–H groups in total. The second-order valence-electron chi connectivity index (χ2n) is 6.56. The van der Waals surface area contributed by atoms with E-state index in [4.69, 9.17) is 0 Å². The zero-order valence-electron chi connectivity index (χ0n) is 15.9. The maximum Gasteiger partial charge on any atom is 0.329 e. The maximum absolute atomic E-state index is 12.0. The number of rotatable bonds is 7. The monoisotopic (exact) mass is 361 g/mol. The summed E-state index contributed by atoms with van der Waals surface area (Å²) in [4.78, 5) is 37.1. The average Bonchev–Trinajstić information content (AvgIpc) is 2.57. The van der Waals surface area contributed by atoms with Crippen LogP contribution in [0.4, 0.5) is 11.4 Å². The molecule has 0 aliphatic heterocycles. The van der Waals surface area contributed by atoms with Crippen molar-refractivity contribution in [2.75, 3.05) is 30.9 Å². The van der Waals surface area contributed by atoms with E-state index in [-0.39, 0.29) is 18.2 Å². The number of amides is 3. The minimum atomic E-state index is -0.857. The Labute approximate surface area is 154 Å². The Kier molecular flexibility index (Phi) is 8.27. The molecule has 0 aliphatic rings. The molecule has 0 heterocycles. The van der Waals surface area contributed by atoms with E-state index in [1.807, 2.05) is 45.0 Å². The predicted molar refractivity (Wildman–Crippen MR) is 103 cm³/mol. The minimum Gasteiger partial charge on any atom is -0.378 e. The van der Waals surface area contributed by atoms with Gasteiger partial charge in [-0.05, 0) is 37.1 Å². The Morgan fingerprint density at radius 3 is 2.23 bits per heavy atom. The molecule has 0 saturated heterocycles. The SMILES string of the molecule is C/C(CC(=O)Nc1ccc(N(C)C)cc1)=N\NC(=O)C(=O)NCC(C)C. The summed E-state index contributed by atoms with van der Waals surface area (Å²) in [5.41, 5.74) is 4.23. The van der Waals surface area contributed by atoms with Gasteiger partial charge in [-0.2, -0.15) is 5.10 Å². The van der Waals surface area contributed by atoms with Crippen molar-refractivity contribution in [2.24, 2.45) is 11.0 Å². The molecular weight excluding hydrogens is 334 g/mol. The quantitative estimate of drug-likeness (QED) is 0.387. The first-order valence-electron chi connectivity index (χ1n) is 8.37. The Morgan fingerprint density at radius 2 is 1.69 bits per heavy atom. The lowest BCUT2D eigenvalue weighted by Crippen LogP contribution is -2.39. The van der Waals surface area contributed by atoms with Crippen LogP contribution in [-0.2, 0) is 14.4 Å². The van der Waals surface area contributed by atoms with Gasteiger partial charge >= 0.3 is 11.8 Å². The van der Waals surface area contributed by atoms with Crippen LogP contribution in [0.1, 0.15) is 27.2 Å². The third-order valence-electron chi connectivity index (χ3n) is 3.31. The lowest BCUT2D eigenvalue weighted by atomic mass is 10.2. The van der Waals surface area contributed by atoms with E-state index in [2.05, 4.69) is 21.2 Å². The zero-order valence-corrected chi connectivity index (χ0v) is 15.9. The van der Waals surface area contributed by atoms with Crippen LogP contribution in [0.2, 0.25) is 0 Å². The number of nitrogens with zero attached hydrogens (tertiary/aromatic N) is 2. The summed E-state index contributed by atoms with van der Waals surface area (Å²) in [5, 5.41) is 9.02. The molecule has 0 saturated carbocycles. The number of nitrogens with one attached hydrogen (secondary N) is 3. The van der Waals surface area contributed by atoms with Gasteiger partial charge in [-0.15, -0.1) is 0 Å². The average molecular weight is 361 g/mol. The van der Waals surface area contributed by atoms with E-state index < -0.39 is 11.8 Å². The normalized spacial score (nSPS) is 11.1. The first kappa shape index (κ1) is 21.1. The largest absolute Gasteiger partial charge is 0.378 e. The van der Waals surface area contributed by atoms with Gasteiger partial charge in [-0.1, -0.05) is 13.8 Å². The molecule has 0 bridgehead atoms. The molecule has 3 amide bonds. The van der Waals surface area contributed by atoms with Crippen LogP contribution in [-0.4, -0.2) is 44.1 Å². The maximum atomic E-state index is 12.0. The molecule has 142 valence electrons. The Bertz CT molecular complexity index is 666. The van der Waals surface area contributed by atoms with Gasteiger partial charge in [0.25, 0.3) is 0 Å². The molecule has 0 aromatic heterocycles. The van der Waals surface area contributed by atoms with Crippen LogP contribution in [0.3, 0.4) is 0 Å². The van der Waals surface area contributed by atoms with Crippen molar-refractivity contribution in [1.29, 1.82) is 0 Å². The molecule has 1 aromatic rings. The van der Waals surface area contributed by atoms with E-state index in [1.54, 1.807) is 19.1 Å². The topological polar surface area (TPSA) is 103 Å². The number of hydrazone groups is 1. The first-order chi connectivity index (χ1) is 12.2. The number of carbonyl (C=O) groups is 3. The summed E-state index contributed by atoms with van der Waals surface area (Å²) in [6, 6.07) is 7.40. The van der Waals surface area contributed by atoms with E-state index in [0.29, 0.717) is 17.9 Å². The highest BCUT2D eigenvalue weighted by molar-refractivity contribution is 6.35. The molecule has 0 aliphatic carbocycles. The Hall–Kier alpha value is -2.90. The van der Waals surface area contributed by atoms with Crippen molar-refractivity contribution < 1.29 is 14.4 Å². The first-order valence-corrected chi connectivity index (χ1v) is 8.37. The Morgan fingerprint density at radius 1 is 1.08 bits per heavy atom. The summed E-state index contributed by atoms with van der Waals surface area (Å²) < 4.78 is 0. The van der Waals surface area contributed by atoms with E-state index >= 15 is 0 Å². The molecule has 0 spiro atoms. The van der Waals surface area contributed by atoms with Gasteiger partial charge in [0, 0.05) is 37.7 Å². The third kappa shape index (κ3) is 7.78. The molecule has 0 unspecified atom stereocenters. The summed E-state index contributed by atoms with van der Waals surface area (Å²) in [6.45, 7) is 5.85. The highest BCUT2D eigenvalue weighted by Gasteiger charge is 2.13. The molecule has 0 atom stereocenters. The van der Waals surface area contributed by atoms with Crippen LogP contribution in [0.25, 0.3) is 0 Å². The third-order valence-corrected chi connectivity index (χ3v) is 3.31. The van der Waals surface area contributed by atoms with Crippen molar-refractivity contribution >= 4 is 34.8 Å². The Balaban J connectivity index is 2.46. The van der Waals surface area contributed by atoms with Gasteiger partial charge < -0.3 is 15.5 Å². The van der Waals surface area contributed by atoms with Gasteiger partial charge in [0.1, 0.15) is 0 Å². The van der Waals surface area contributed by atoms with Crippen LogP contribution in [0.5, 0.6) is 0 Å². The van der Waals surface area contributed by atoms with Gasteiger partial charge in [-0.3, -0.25) is 14.4 Å². The molecule has 26 heavy (non-hydrogen) atoms. The summed E-state index contributed by atoms with van der Waals surface area (Å²) in [6.07, 6.45) is 0.00330. The van der Waals surface area contributed by atoms with Crippen LogP contribution < -0.4 is 21.0 Å². The van der Waals surface area contributed by atoms with E-state index in [0.717, 1.165) is 5.69 Å². The molecule has 0 radical (unpaired) electrons. The number of benzene rings is 1. The number of hydrogen-bond acceptors (Lipinski definition) is 5.